The van der Waals surface area contributed by atoms with Crippen molar-refractivity contribution in [1.82, 2.24) is 4.90 Å². The minimum absolute atomic E-state index is 0.251. The number of benzene rings is 2. The molecule has 0 spiro atoms. The van der Waals surface area contributed by atoms with E-state index in [2.05, 4.69) is 61.2 Å². The summed E-state index contributed by atoms with van der Waals surface area (Å²) in [5.41, 5.74) is 3.57. The van der Waals surface area contributed by atoms with Crippen molar-refractivity contribution in [2.45, 2.75) is 70.4 Å². The fraction of sp³-hybridized carbons (Fsp3) is 0.500. The Morgan fingerprint density at radius 3 is 2.22 bits per heavy atom. The van der Waals surface area contributed by atoms with E-state index in [1.165, 1.54) is 11.1 Å². The van der Waals surface area contributed by atoms with Gasteiger partial charge >= 0.3 is 0 Å². The molecule has 3 heteroatoms. The van der Waals surface area contributed by atoms with Gasteiger partial charge in [0.05, 0.1) is 0 Å². The monoisotopic (exact) mass is 371 g/mol. The van der Waals surface area contributed by atoms with Gasteiger partial charge in [0, 0.05) is 18.5 Å². The molecule has 0 aliphatic heterocycles. The minimum atomic E-state index is -1.32. The van der Waals surface area contributed by atoms with Crippen molar-refractivity contribution in [2.24, 2.45) is 0 Å². The standard InChI is InChI=1S/C24H31F2N/c1-3-21(27(4-2)17-19-8-6-5-7-9-19)15-12-18-10-13-20(14-11-18)22-16-23(25)24(22)26/h5-11,13-14,21-24H,3-4,12,15-17H2,1-2H3. The highest BCUT2D eigenvalue weighted by Gasteiger charge is 2.42. The number of hydrogen-bond acceptors (Lipinski definition) is 1. The zero-order chi connectivity index (χ0) is 19.2. The van der Waals surface area contributed by atoms with E-state index in [0.29, 0.717) is 12.5 Å². The van der Waals surface area contributed by atoms with Crippen molar-refractivity contribution in [3.8, 4) is 0 Å². The average Bonchev–Trinajstić information content (AvgIpc) is 2.72. The molecule has 4 unspecified atom stereocenters. The fourth-order valence-electron chi connectivity index (χ4n) is 4.11. The van der Waals surface area contributed by atoms with Crippen molar-refractivity contribution in [2.75, 3.05) is 6.54 Å². The van der Waals surface area contributed by atoms with E-state index >= 15 is 0 Å². The van der Waals surface area contributed by atoms with Gasteiger partial charge in [0.25, 0.3) is 0 Å². The largest absolute Gasteiger partial charge is 0.296 e. The number of nitrogens with zero attached hydrogens (tertiary/aromatic N) is 1. The molecule has 1 nitrogen and oxygen atoms in total. The van der Waals surface area contributed by atoms with Gasteiger partial charge < -0.3 is 0 Å². The Bertz CT molecular complexity index is 685. The topological polar surface area (TPSA) is 3.24 Å². The van der Waals surface area contributed by atoms with Crippen LogP contribution in [0, 0.1) is 0 Å². The molecule has 27 heavy (non-hydrogen) atoms. The van der Waals surface area contributed by atoms with Crippen LogP contribution >= 0.6 is 0 Å². The molecule has 0 radical (unpaired) electrons. The van der Waals surface area contributed by atoms with Crippen LogP contribution in [0.1, 0.15) is 55.7 Å². The third-order valence-electron chi connectivity index (χ3n) is 6.01. The Balaban J connectivity index is 1.55. The molecule has 1 aliphatic carbocycles. The molecule has 0 saturated heterocycles. The van der Waals surface area contributed by atoms with Gasteiger partial charge in [0.15, 0.2) is 0 Å². The van der Waals surface area contributed by atoms with Gasteiger partial charge in [-0.15, -0.1) is 0 Å². The number of halogens is 2. The quantitative estimate of drug-likeness (QED) is 0.516. The van der Waals surface area contributed by atoms with Crippen LogP contribution in [-0.2, 0) is 13.0 Å². The van der Waals surface area contributed by atoms with Crippen LogP contribution in [0.25, 0.3) is 0 Å². The normalized spacial score (nSPS) is 23.2. The Morgan fingerprint density at radius 1 is 0.963 bits per heavy atom. The van der Waals surface area contributed by atoms with Crippen LogP contribution in [0.5, 0.6) is 0 Å². The lowest BCUT2D eigenvalue weighted by Crippen LogP contribution is -2.38. The summed E-state index contributed by atoms with van der Waals surface area (Å²) in [7, 11) is 0. The van der Waals surface area contributed by atoms with E-state index < -0.39 is 12.3 Å². The third kappa shape index (κ3) is 4.95. The molecule has 0 aromatic heterocycles. The molecule has 1 saturated carbocycles. The summed E-state index contributed by atoms with van der Waals surface area (Å²) in [6.45, 7) is 6.51. The first-order valence-corrected chi connectivity index (χ1v) is 10.3. The number of aryl methyl sites for hydroxylation is 1. The van der Waals surface area contributed by atoms with Crippen molar-refractivity contribution in [3.63, 3.8) is 0 Å². The average molecular weight is 372 g/mol. The molecule has 4 atom stereocenters. The molecular weight excluding hydrogens is 340 g/mol. The van der Waals surface area contributed by atoms with Gasteiger partial charge in [-0.1, -0.05) is 68.4 Å². The minimum Gasteiger partial charge on any atom is -0.296 e. The SMILES string of the molecule is CCC(CCc1ccc(C2CC(F)C2F)cc1)N(CC)Cc1ccccc1. The second-order valence-electron chi connectivity index (χ2n) is 7.69. The lowest BCUT2D eigenvalue weighted by Gasteiger charge is -2.34. The molecule has 146 valence electrons. The predicted molar refractivity (Wildman–Crippen MR) is 109 cm³/mol. The first-order valence-electron chi connectivity index (χ1n) is 10.3. The highest BCUT2D eigenvalue weighted by atomic mass is 19.2. The van der Waals surface area contributed by atoms with E-state index in [0.717, 1.165) is 37.9 Å². The van der Waals surface area contributed by atoms with Crippen molar-refractivity contribution < 1.29 is 8.78 Å². The summed E-state index contributed by atoms with van der Waals surface area (Å²) in [5.74, 6) is -0.251. The Kier molecular flexibility index (Phi) is 7.01. The molecule has 1 fully saturated rings. The van der Waals surface area contributed by atoms with Crippen LogP contribution in [0.4, 0.5) is 8.78 Å². The summed E-state index contributed by atoms with van der Waals surface area (Å²) >= 11 is 0. The highest BCUT2D eigenvalue weighted by molar-refractivity contribution is 5.29. The summed E-state index contributed by atoms with van der Waals surface area (Å²) in [6.07, 6.45) is 0.977. The summed E-state index contributed by atoms with van der Waals surface area (Å²) in [5, 5.41) is 0. The van der Waals surface area contributed by atoms with E-state index in [-0.39, 0.29) is 5.92 Å². The molecular formula is C24H31F2N. The van der Waals surface area contributed by atoms with E-state index in [9.17, 15) is 8.78 Å². The zero-order valence-corrected chi connectivity index (χ0v) is 16.5. The van der Waals surface area contributed by atoms with Gasteiger partial charge in [-0.05, 0) is 48.9 Å². The van der Waals surface area contributed by atoms with Gasteiger partial charge in [-0.2, -0.15) is 0 Å². The number of hydrogen-bond donors (Lipinski definition) is 0. The maximum Gasteiger partial charge on any atom is 0.138 e. The first kappa shape index (κ1) is 20.0. The molecule has 0 bridgehead atoms. The Hall–Kier alpha value is -1.74. The van der Waals surface area contributed by atoms with Crippen LogP contribution in [0.3, 0.4) is 0 Å². The van der Waals surface area contributed by atoms with Gasteiger partial charge in [0.2, 0.25) is 0 Å². The van der Waals surface area contributed by atoms with E-state index in [1.54, 1.807) is 0 Å². The fourth-order valence-corrected chi connectivity index (χ4v) is 4.11. The molecule has 3 rings (SSSR count). The maximum atomic E-state index is 13.6. The second-order valence-corrected chi connectivity index (χ2v) is 7.69. The lowest BCUT2D eigenvalue weighted by molar-refractivity contribution is 0.0428. The molecule has 0 amide bonds. The molecule has 1 aliphatic rings. The van der Waals surface area contributed by atoms with Crippen molar-refractivity contribution in [3.05, 3.63) is 71.3 Å². The van der Waals surface area contributed by atoms with Crippen LogP contribution in [-0.4, -0.2) is 29.8 Å². The van der Waals surface area contributed by atoms with Crippen LogP contribution < -0.4 is 0 Å². The highest BCUT2D eigenvalue weighted by Crippen LogP contribution is 2.41. The number of alkyl halides is 2. The smallest absolute Gasteiger partial charge is 0.138 e. The first-order chi connectivity index (χ1) is 13.1. The van der Waals surface area contributed by atoms with Gasteiger partial charge in [-0.3, -0.25) is 4.90 Å². The summed E-state index contributed by atoms with van der Waals surface area (Å²) in [4.78, 5) is 2.55. The van der Waals surface area contributed by atoms with Crippen molar-refractivity contribution in [1.29, 1.82) is 0 Å². The molecule has 2 aromatic rings. The van der Waals surface area contributed by atoms with Crippen molar-refractivity contribution >= 4 is 0 Å². The molecule has 0 N–H and O–H groups in total. The summed E-state index contributed by atoms with van der Waals surface area (Å²) in [6, 6.07) is 19.3. The van der Waals surface area contributed by atoms with Gasteiger partial charge in [-0.25, -0.2) is 8.78 Å². The molecule has 0 heterocycles. The molecule has 2 aromatic carbocycles. The van der Waals surface area contributed by atoms with Crippen LogP contribution in [0.2, 0.25) is 0 Å². The third-order valence-corrected chi connectivity index (χ3v) is 6.01. The van der Waals surface area contributed by atoms with E-state index in [1.807, 2.05) is 12.1 Å². The lowest BCUT2D eigenvalue weighted by atomic mass is 9.76. The number of rotatable bonds is 9. The Labute approximate surface area is 162 Å². The second kappa shape index (κ2) is 9.45. The zero-order valence-electron chi connectivity index (χ0n) is 16.5. The van der Waals surface area contributed by atoms with Crippen LogP contribution in [0.15, 0.2) is 54.6 Å². The predicted octanol–water partition coefficient (Wildman–Crippen LogP) is 6.08. The Morgan fingerprint density at radius 2 is 1.67 bits per heavy atom. The van der Waals surface area contributed by atoms with E-state index in [4.69, 9.17) is 0 Å². The summed E-state index contributed by atoms with van der Waals surface area (Å²) < 4.78 is 26.6. The van der Waals surface area contributed by atoms with Gasteiger partial charge in [0.1, 0.15) is 12.3 Å². The maximum absolute atomic E-state index is 13.6.